The Morgan fingerprint density at radius 2 is 2.18 bits per heavy atom. The summed E-state index contributed by atoms with van der Waals surface area (Å²) in [5.41, 5.74) is 5.42. The first-order chi connectivity index (χ1) is 8.04. The highest BCUT2D eigenvalue weighted by Gasteiger charge is 2.08. The van der Waals surface area contributed by atoms with Gasteiger partial charge in [0.1, 0.15) is 0 Å². The molecule has 0 bridgehead atoms. The van der Waals surface area contributed by atoms with Crippen LogP contribution in [-0.2, 0) is 9.63 Å². The van der Waals surface area contributed by atoms with Crippen molar-refractivity contribution >= 4 is 11.7 Å². The molecule has 0 atom stereocenters. The van der Waals surface area contributed by atoms with E-state index >= 15 is 0 Å². The van der Waals surface area contributed by atoms with E-state index in [2.05, 4.69) is 36.9 Å². The topological polar surface area (TPSA) is 67.6 Å². The van der Waals surface area contributed by atoms with Crippen LogP contribution in [0.25, 0.3) is 0 Å². The number of nitrogens with zero attached hydrogens (tertiary/aromatic N) is 1. The van der Waals surface area contributed by atoms with E-state index in [1.807, 2.05) is 17.5 Å². The lowest BCUT2D eigenvalue weighted by Gasteiger charge is -2.21. The highest BCUT2D eigenvalue weighted by Crippen LogP contribution is 2.19. The predicted molar refractivity (Wildman–Crippen MR) is 67.2 cm³/mol. The molecule has 94 valence electrons. The molecule has 0 amide bonds. The van der Waals surface area contributed by atoms with Crippen molar-refractivity contribution < 1.29 is 9.63 Å². The molecule has 0 radical (unpaired) electrons. The number of rotatable bonds is 5. The highest BCUT2D eigenvalue weighted by atomic mass is 16.7. The molecule has 0 spiro atoms. The lowest BCUT2D eigenvalue weighted by atomic mass is 10.1. The Morgan fingerprint density at radius 3 is 2.76 bits per heavy atom. The van der Waals surface area contributed by atoms with Crippen molar-refractivity contribution in [2.75, 3.05) is 18.5 Å². The molecule has 0 unspecified atom stereocenters. The van der Waals surface area contributed by atoms with Crippen LogP contribution in [-0.4, -0.2) is 19.6 Å². The molecule has 0 aromatic heterocycles. The molecule has 0 aliphatic carbocycles. The Labute approximate surface area is 101 Å². The molecule has 0 aliphatic heterocycles. The second-order valence-electron chi connectivity index (χ2n) is 4.05. The molecule has 1 aromatic rings. The van der Waals surface area contributed by atoms with E-state index in [0.717, 1.165) is 5.69 Å². The Balaban J connectivity index is 2.57. The molecular formula is C12H19N3O2. The lowest BCUT2D eigenvalue weighted by Crippen LogP contribution is -2.29. The second-order valence-corrected chi connectivity index (χ2v) is 4.05. The molecule has 5 nitrogen and oxygen atoms in total. The zero-order valence-corrected chi connectivity index (χ0v) is 10.5. The fourth-order valence-corrected chi connectivity index (χ4v) is 1.73. The molecule has 0 saturated heterocycles. The van der Waals surface area contributed by atoms with Crippen molar-refractivity contribution in [3.63, 3.8) is 0 Å². The van der Waals surface area contributed by atoms with Gasteiger partial charge >= 0.3 is 5.97 Å². The molecule has 17 heavy (non-hydrogen) atoms. The zero-order valence-electron chi connectivity index (χ0n) is 10.5. The summed E-state index contributed by atoms with van der Waals surface area (Å²) in [6.07, 6.45) is 0.286. The van der Waals surface area contributed by atoms with Crippen LogP contribution in [0.2, 0.25) is 0 Å². The number of aryl methyl sites for hydroxylation is 2. The van der Waals surface area contributed by atoms with E-state index in [-0.39, 0.29) is 12.4 Å². The highest BCUT2D eigenvalue weighted by molar-refractivity contribution is 5.70. The van der Waals surface area contributed by atoms with Gasteiger partial charge in [0.05, 0.1) is 6.42 Å². The van der Waals surface area contributed by atoms with Crippen LogP contribution in [0.15, 0.2) is 18.2 Å². The van der Waals surface area contributed by atoms with Gasteiger partial charge in [0.25, 0.3) is 0 Å². The van der Waals surface area contributed by atoms with Crippen LogP contribution in [0.4, 0.5) is 5.69 Å². The quantitative estimate of drug-likeness (QED) is 0.592. The standard InChI is InChI=1S/C12H19N3O2/c1-9-4-5-11(10(2)8-9)15(3)7-6-12(16)17-14-13/h4-5,8,14H,6-7,13H2,1-3H3. The summed E-state index contributed by atoms with van der Waals surface area (Å²) < 4.78 is 0. The van der Waals surface area contributed by atoms with Crippen molar-refractivity contribution in [2.24, 2.45) is 5.84 Å². The van der Waals surface area contributed by atoms with Gasteiger partial charge in [0, 0.05) is 19.3 Å². The van der Waals surface area contributed by atoms with Crippen molar-refractivity contribution in [3.8, 4) is 0 Å². The second kappa shape index (κ2) is 6.22. The van der Waals surface area contributed by atoms with E-state index in [1.165, 1.54) is 11.1 Å². The van der Waals surface area contributed by atoms with Gasteiger partial charge in [-0.3, -0.25) is 4.79 Å². The Bertz CT molecular complexity index is 393. The fraction of sp³-hybridized carbons (Fsp3) is 0.417. The average Bonchev–Trinajstić information content (AvgIpc) is 2.26. The van der Waals surface area contributed by atoms with Gasteiger partial charge < -0.3 is 9.74 Å². The molecule has 5 heteroatoms. The van der Waals surface area contributed by atoms with E-state index in [9.17, 15) is 4.79 Å². The van der Waals surface area contributed by atoms with Crippen molar-refractivity contribution in [2.45, 2.75) is 20.3 Å². The van der Waals surface area contributed by atoms with Crippen LogP contribution < -0.4 is 16.3 Å². The van der Waals surface area contributed by atoms with Gasteiger partial charge in [0.2, 0.25) is 0 Å². The summed E-state index contributed by atoms with van der Waals surface area (Å²) in [6, 6.07) is 6.22. The van der Waals surface area contributed by atoms with Crippen LogP contribution in [0.1, 0.15) is 17.5 Å². The molecule has 3 N–H and O–H groups in total. The molecule has 0 saturated carbocycles. The zero-order chi connectivity index (χ0) is 12.8. The summed E-state index contributed by atoms with van der Waals surface area (Å²) >= 11 is 0. The van der Waals surface area contributed by atoms with E-state index in [0.29, 0.717) is 6.54 Å². The Hall–Kier alpha value is -1.59. The fourth-order valence-electron chi connectivity index (χ4n) is 1.73. The first kappa shape index (κ1) is 13.5. The maximum absolute atomic E-state index is 11.1. The van der Waals surface area contributed by atoms with Crippen molar-refractivity contribution in [1.29, 1.82) is 0 Å². The molecule has 0 heterocycles. The monoisotopic (exact) mass is 237 g/mol. The smallest absolute Gasteiger partial charge is 0.328 e. The summed E-state index contributed by atoms with van der Waals surface area (Å²) in [6.45, 7) is 4.70. The van der Waals surface area contributed by atoms with Crippen LogP contribution in [0.3, 0.4) is 0 Å². The average molecular weight is 237 g/mol. The Morgan fingerprint density at radius 1 is 1.47 bits per heavy atom. The molecule has 1 aromatic carbocycles. The predicted octanol–water partition coefficient (Wildman–Crippen LogP) is 1.05. The van der Waals surface area contributed by atoms with Crippen molar-refractivity contribution in [3.05, 3.63) is 29.3 Å². The maximum Gasteiger partial charge on any atom is 0.328 e. The van der Waals surface area contributed by atoms with E-state index in [4.69, 9.17) is 5.84 Å². The van der Waals surface area contributed by atoms with Gasteiger partial charge in [-0.1, -0.05) is 23.3 Å². The first-order valence-corrected chi connectivity index (χ1v) is 5.48. The minimum Gasteiger partial charge on any atom is -0.374 e. The van der Waals surface area contributed by atoms with Gasteiger partial charge in [0.15, 0.2) is 0 Å². The maximum atomic E-state index is 11.1. The van der Waals surface area contributed by atoms with Gasteiger partial charge in [-0.15, -0.1) is 0 Å². The van der Waals surface area contributed by atoms with Crippen LogP contribution >= 0.6 is 0 Å². The number of nitrogens with one attached hydrogen (secondary N) is 1. The number of anilines is 1. The first-order valence-electron chi connectivity index (χ1n) is 5.48. The number of hydrogen-bond acceptors (Lipinski definition) is 5. The number of benzene rings is 1. The van der Waals surface area contributed by atoms with Gasteiger partial charge in [-0.25, -0.2) is 5.84 Å². The van der Waals surface area contributed by atoms with Crippen LogP contribution in [0.5, 0.6) is 0 Å². The largest absolute Gasteiger partial charge is 0.374 e. The third-order valence-corrected chi connectivity index (χ3v) is 2.59. The normalized spacial score (nSPS) is 10.1. The summed E-state index contributed by atoms with van der Waals surface area (Å²) in [4.78, 5) is 17.6. The third-order valence-electron chi connectivity index (χ3n) is 2.59. The Kier molecular flexibility index (Phi) is 4.93. The summed E-state index contributed by atoms with van der Waals surface area (Å²) in [5, 5.41) is 0. The number of carbonyl (C=O) groups excluding carboxylic acids is 1. The molecule has 1 rings (SSSR count). The number of carbonyl (C=O) groups is 1. The van der Waals surface area contributed by atoms with Crippen molar-refractivity contribution in [1.82, 2.24) is 5.59 Å². The minimum absolute atomic E-state index is 0.286. The molecule has 0 fully saturated rings. The molecular weight excluding hydrogens is 218 g/mol. The van der Waals surface area contributed by atoms with Crippen LogP contribution in [0, 0.1) is 13.8 Å². The number of hydrogen-bond donors (Lipinski definition) is 2. The number of hydrazine groups is 1. The van der Waals surface area contributed by atoms with Gasteiger partial charge in [-0.2, -0.15) is 0 Å². The number of nitrogens with two attached hydrogens (primary N) is 1. The SMILES string of the molecule is Cc1ccc(N(C)CCC(=O)ONN)c(C)c1. The third kappa shape index (κ3) is 4.05. The lowest BCUT2D eigenvalue weighted by molar-refractivity contribution is -0.150. The summed E-state index contributed by atoms with van der Waals surface area (Å²) in [7, 11) is 1.95. The minimum atomic E-state index is -0.371. The van der Waals surface area contributed by atoms with E-state index in [1.54, 1.807) is 0 Å². The van der Waals surface area contributed by atoms with E-state index < -0.39 is 0 Å². The molecule has 0 aliphatic rings. The van der Waals surface area contributed by atoms with Gasteiger partial charge in [-0.05, 0) is 25.5 Å². The summed E-state index contributed by atoms with van der Waals surface area (Å²) in [5.74, 6) is 4.51.